The van der Waals surface area contributed by atoms with Crippen molar-refractivity contribution in [3.8, 4) is 0 Å². The summed E-state index contributed by atoms with van der Waals surface area (Å²) in [5, 5.41) is 0. The molecule has 1 nitrogen and oxygen atoms in total. The monoisotopic (exact) mass is 361 g/mol. The van der Waals surface area contributed by atoms with Crippen LogP contribution in [0.3, 0.4) is 0 Å². The fraction of sp³-hybridized carbons (Fsp3) is 0.200. The summed E-state index contributed by atoms with van der Waals surface area (Å²) in [4.78, 5) is 0. The van der Waals surface area contributed by atoms with Gasteiger partial charge in [-0.15, -0.1) is 0 Å². The van der Waals surface area contributed by atoms with Crippen LogP contribution in [0.2, 0.25) is 0 Å². The third-order valence-corrected chi connectivity index (χ3v) is 3.86. The van der Waals surface area contributed by atoms with Gasteiger partial charge < -0.3 is 5.73 Å². The summed E-state index contributed by atoms with van der Waals surface area (Å²) in [7, 11) is 0. The Morgan fingerprint density at radius 3 is 2.33 bits per heavy atom. The van der Waals surface area contributed by atoms with E-state index in [0.717, 1.165) is 12.1 Å². The molecule has 0 heterocycles. The maximum atomic E-state index is 14.0. The summed E-state index contributed by atoms with van der Waals surface area (Å²) in [6.07, 6.45) is -4.41. The predicted octanol–water partition coefficient (Wildman–Crippen LogP) is 4.96. The number of aryl methyl sites for hydroxylation is 1. The number of rotatable bonds is 2. The van der Waals surface area contributed by atoms with Gasteiger partial charge in [-0.2, -0.15) is 13.2 Å². The smallest absolute Gasteiger partial charge is 0.320 e. The van der Waals surface area contributed by atoms with Gasteiger partial charge >= 0.3 is 6.18 Å². The van der Waals surface area contributed by atoms with E-state index in [1.54, 1.807) is 6.07 Å². The lowest BCUT2D eigenvalue weighted by Gasteiger charge is -2.18. The highest BCUT2D eigenvalue weighted by molar-refractivity contribution is 9.10. The molecule has 0 fully saturated rings. The van der Waals surface area contributed by atoms with Gasteiger partial charge in [0.1, 0.15) is 5.82 Å². The SMILES string of the molecule is Cc1cc(C(F)(F)F)ccc1C(N)c1cccc(Br)c1F. The summed E-state index contributed by atoms with van der Waals surface area (Å²) >= 11 is 3.06. The molecule has 1 unspecified atom stereocenters. The zero-order chi connectivity index (χ0) is 15.8. The van der Waals surface area contributed by atoms with Crippen molar-refractivity contribution < 1.29 is 17.6 Å². The zero-order valence-electron chi connectivity index (χ0n) is 11.0. The summed E-state index contributed by atoms with van der Waals surface area (Å²) in [5.74, 6) is -0.510. The topological polar surface area (TPSA) is 26.0 Å². The minimum absolute atomic E-state index is 0.229. The highest BCUT2D eigenvalue weighted by Crippen LogP contribution is 2.33. The number of alkyl halides is 3. The number of hydrogen-bond donors (Lipinski definition) is 1. The molecule has 0 saturated heterocycles. The second-order valence-electron chi connectivity index (χ2n) is 4.69. The van der Waals surface area contributed by atoms with Crippen LogP contribution in [0, 0.1) is 12.7 Å². The fourth-order valence-electron chi connectivity index (χ4n) is 2.13. The van der Waals surface area contributed by atoms with Crippen molar-refractivity contribution in [3.63, 3.8) is 0 Å². The van der Waals surface area contributed by atoms with Crippen molar-refractivity contribution in [2.45, 2.75) is 19.1 Å². The molecule has 0 spiro atoms. The lowest BCUT2D eigenvalue weighted by Crippen LogP contribution is -2.16. The highest BCUT2D eigenvalue weighted by atomic mass is 79.9. The average molecular weight is 362 g/mol. The summed E-state index contributed by atoms with van der Waals surface area (Å²) < 4.78 is 52.2. The van der Waals surface area contributed by atoms with Crippen molar-refractivity contribution in [1.82, 2.24) is 0 Å². The van der Waals surface area contributed by atoms with Gasteiger partial charge in [0.05, 0.1) is 16.1 Å². The Morgan fingerprint density at radius 1 is 1.10 bits per heavy atom. The molecule has 21 heavy (non-hydrogen) atoms. The van der Waals surface area contributed by atoms with Gasteiger partial charge in [-0.1, -0.05) is 18.2 Å². The Hall–Kier alpha value is -1.40. The molecule has 1 atom stereocenters. The van der Waals surface area contributed by atoms with Crippen molar-refractivity contribution >= 4 is 15.9 Å². The van der Waals surface area contributed by atoms with E-state index >= 15 is 0 Å². The fourth-order valence-corrected chi connectivity index (χ4v) is 2.51. The largest absolute Gasteiger partial charge is 0.416 e. The van der Waals surface area contributed by atoms with Crippen LogP contribution >= 0.6 is 15.9 Å². The Kier molecular flexibility index (Phi) is 4.39. The molecule has 0 aliphatic carbocycles. The van der Waals surface area contributed by atoms with Gasteiger partial charge in [-0.25, -0.2) is 4.39 Å². The van der Waals surface area contributed by atoms with E-state index in [1.165, 1.54) is 25.1 Å². The first-order valence-electron chi connectivity index (χ1n) is 6.09. The maximum Gasteiger partial charge on any atom is 0.416 e. The third kappa shape index (κ3) is 3.27. The molecule has 0 amide bonds. The predicted molar refractivity (Wildman–Crippen MR) is 76.3 cm³/mol. The molecule has 112 valence electrons. The van der Waals surface area contributed by atoms with Gasteiger partial charge in [0, 0.05) is 5.56 Å². The second-order valence-corrected chi connectivity index (χ2v) is 5.54. The molecule has 0 bridgehead atoms. The van der Waals surface area contributed by atoms with Crippen LogP contribution in [-0.2, 0) is 6.18 Å². The minimum Gasteiger partial charge on any atom is -0.320 e. The second kappa shape index (κ2) is 5.77. The van der Waals surface area contributed by atoms with Gasteiger partial charge in [0.25, 0.3) is 0 Å². The molecule has 0 aromatic heterocycles. The average Bonchev–Trinajstić information content (AvgIpc) is 2.40. The number of nitrogens with two attached hydrogens (primary N) is 1. The molecular formula is C15H12BrF4N. The van der Waals surface area contributed by atoms with Crippen LogP contribution in [0.1, 0.15) is 28.3 Å². The summed E-state index contributed by atoms with van der Waals surface area (Å²) in [6.45, 7) is 1.53. The first-order chi connectivity index (χ1) is 9.71. The van der Waals surface area contributed by atoms with Crippen LogP contribution in [0.25, 0.3) is 0 Å². The molecular weight excluding hydrogens is 350 g/mol. The Bertz CT molecular complexity index is 667. The van der Waals surface area contributed by atoms with Gasteiger partial charge in [0.2, 0.25) is 0 Å². The van der Waals surface area contributed by atoms with Crippen molar-refractivity contribution in [2.75, 3.05) is 0 Å². The van der Waals surface area contributed by atoms with E-state index < -0.39 is 23.6 Å². The van der Waals surface area contributed by atoms with Crippen molar-refractivity contribution in [3.05, 3.63) is 68.9 Å². The third-order valence-electron chi connectivity index (χ3n) is 3.25. The maximum absolute atomic E-state index is 14.0. The molecule has 2 N–H and O–H groups in total. The quantitative estimate of drug-likeness (QED) is 0.751. The lowest BCUT2D eigenvalue weighted by molar-refractivity contribution is -0.137. The molecule has 0 radical (unpaired) electrons. The summed E-state index contributed by atoms with van der Waals surface area (Å²) in [6, 6.07) is 7.12. The van der Waals surface area contributed by atoms with Crippen LogP contribution in [0.15, 0.2) is 40.9 Å². The number of hydrogen-bond acceptors (Lipinski definition) is 1. The van der Waals surface area contributed by atoms with E-state index in [-0.39, 0.29) is 10.0 Å². The van der Waals surface area contributed by atoms with Crippen LogP contribution in [-0.4, -0.2) is 0 Å². The summed E-state index contributed by atoms with van der Waals surface area (Å²) in [5.41, 5.74) is 6.32. The highest BCUT2D eigenvalue weighted by Gasteiger charge is 2.31. The van der Waals surface area contributed by atoms with Gasteiger partial charge in [0.15, 0.2) is 0 Å². The van der Waals surface area contributed by atoms with Crippen LogP contribution in [0.5, 0.6) is 0 Å². The standard InChI is InChI=1S/C15H12BrF4N/c1-8-7-9(15(18,19)20)5-6-10(8)14(21)11-3-2-4-12(16)13(11)17/h2-7,14H,21H2,1H3. The van der Waals surface area contributed by atoms with E-state index in [9.17, 15) is 17.6 Å². The van der Waals surface area contributed by atoms with E-state index in [0.29, 0.717) is 11.1 Å². The van der Waals surface area contributed by atoms with Crippen LogP contribution in [0.4, 0.5) is 17.6 Å². The molecule has 2 aromatic carbocycles. The van der Waals surface area contributed by atoms with Crippen molar-refractivity contribution in [2.24, 2.45) is 5.73 Å². The lowest BCUT2D eigenvalue weighted by atomic mass is 9.94. The molecule has 0 saturated carbocycles. The Balaban J connectivity index is 2.45. The van der Waals surface area contributed by atoms with Crippen molar-refractivity contribution in [1.29, 1.82) is 0 Å². The molecule has 2 aromatic rings. The van der Waals surface area contributed by atoms with E-state index in [4.69, 9.17) is 5.73 Å². The zero-order valence-corrected chi connectivity index (χ0v) is 12.6. The first kappa shape index (κ1) is 16.0. The van der Waals surface area contributed by atoms with Gasteiger partial charge in [-0.3, -0.25) is 0 Å². The molecule has 0 aliphatic heterocycles. The van der Waals surface area contributed by atoms with Gasteiger partial charge in [-0.05, 0) is 52.2 Å². The molecule has 0 aliphatic rings. The van der Waals surface area contributed by atoms with Crippen LogP contribution < -0.4 is 5.73 Å². The first-order valence-corrected chi connectivity index (χ1v) is 6.88. The Morgan fingerprint density at radius 2 is 1.76 bits per heavy atom. The molecule has 2 rings (SSSR count). The normalized spacial score (nSPS) is 13.3. The minimum atomic E-state index is -4.41. The molecule has 6 heteroatoms. The number of benzene rings is 2. The Labute approximate surface area is 127 Å². The number of halogens is 5. The van der Waals surface area contributed by atoms with E-state index in [1.807, 2.05) is 0 Å². The van der Waals surface area contributed by atoms with E-state index in [2.05, 4.69) is 15.9 Å².